The molecule has 0 radical (unpaired) electrons. The van der Waals surface area contributed by atoms with Gasteiger partial charge in [-0.3, -0.25) is 0 Å². The first-order chi connectivity index (χ1) is 17.5. The van der Waals surface area contributed by atoms with Crippen LogP contribution in [0.5, 0.6) is 11.5 Å². The summed E-state index contributed by atoms with van der Waals surface area (Å²) in [5.41, 5.74) is 6.05. The van der Waals surface area contributed by atoms with Crippen molar-refractivity contribution in [1.29, 1.82) is 0 Å². The van der Waals surface area contributed by atoms with Crippen LogP contribution in [0.4, 0.5) is 0 Å². The predicted octanol–water partition coefficient (Wildman–Crippen LogP) is 9.85. The van der Waals surface area contributed by atoms with Gasteiger partial charge in [0.25, 0.3) is 0 Å². The van der Waals surface area contributed by atoms with Gasteiger partial charge in [0.15, 0.2) is 0 Å². The van der Waals surface area contributed by atoms with Crippen molar-refractivity contribution < 1.29 is 18.7 Å². The molecule has 5 heteroatoms. The summed E-state index contributed by atoms with van der Waals surface area (Å²) in [6.07, 6.45) is 0.551. The zero-order valence-corrected chi connectivity index (χ0v) is 27.9. The molecule has 218 valence electrons. The number of hydrogen-bond acceptors (Lipinski definition) is 4. The first kappa shape index (κ1) is 31.9. The Morgan fingerprint density at radius 2 is 1.13 bits per heavy atom. The van der Waals surface area contributed by atoms with E-state index in [1.165, 1.54) is 11.1 Å². The standard InChI is InChI=1S/C34H53O4P/c1-30(2,3)24-16-22(28(35)26(18-24)32(7,8)9)15-23-17-25(31(4,5)6)19-27(33(10,11)12)29(23)38-39-36-20-34(13,14)21-37-39/h16-19,35H,15,20-21H2,1-14H3. The van der Waals surface area contributed by atoms with Gasteiger partial charge in [0.2, 0.25) is 0 Å². The average molecular weight is 557 g/mol. The zero-order valence-electron chi connectivity index (χ0n) is 27.0. The molecule has 0 unspecified atom stereocenters. The summed E-state index contributed by atoms with van der Waals surface area (Å²) in [4.78, 5) is 0. The molecule has 39 heavy (non-hydrogen) atoms. The van der Waals surface area contributed by atoms with E-state index in [1.807, 2.05) is 0 Å². The second-order valence-corrected chi connectivity index (χ2v) is 17.4. The molecular formula is C34H53O4P. The second kappa shape index (κ2) is 10.7. The third-order valence-electron chi connectivity index (χ3n) is 7.37. The third kappa shape index (κ3) is 7.78. The summed E-state index contributed by atoms with van der Waals surface area (Å²) in [6, 6.07) is 8.90. The number of hydrogen-bond donors (Lipinski definition) is 1. The van der Waals surface area contributed by atoms with Crippen LogP contribution in [0.2, 0.25) is 0 Å². The van der Waals surface area contributed by atoms with Crippen molar-refractivity contribution in [3.8, 4) is 11.5 Å². The summed E-state index contributed by atoms with van der Waals surface area (Å²) in [5.74, 6) is 1.19. The van der Waals surface area contributed by atoms with Crippen LogP contribution in [0.15, 0.2) is 24.3 Å². The maximum Gasteiger partial charge on any atom is 0.397 e. The van der Waals surface area contributed by atoms with Gasteiger partial charge < -0.3 is 18.7 Å². The van der Waals surface area contributed by atoms with Gasteiger partial charge >= 0.3 is 8.60 Å². The molecule has 1 saturated heterocycles. The molecule has 0 saturated carbocycles. The van der Waals surface area contributed by atoms with E-state index in [-0.39, 0.29) is 27.1 Å². The van der Waals surface area contributed by atoms with Crippen LogP contribution in [0.25, 0.3) is 0 Å². The van der Waals surface area contributed by atoms with Gasteiger partial charge in [-0.1, -0.05) is 121 Å². The predicted molar refractivity (Wildman–Crippen MR) is 165 cm³/mol. The molecule has 4 nitrogen and oxygen atoms in total. The van der Waals surface area contributed by atoms with E-state index in [1.54, 1.807) is 0 Å². The number of aromatic hydroxyl groups is 1. The Kier molecular flexibility index (Phi) is 8.72. The fourth-order valence-electron chi connectivity index (χ4n) is 4.62. The van der Waals surface area contributed by atoms with Crippen molar-refractivity contribution in [3.63, 3.8) is 0 Å². The number of phenolic OH excluding ortho intramolecular Hbond substituents is 1. The quantitative estimate of drug-likeness (QED) is 0.381. The van der Waals surface area contributed by atoms with E-state index in [9.17, 15) is 5.11 Å². The fraction of sp³-hybridized carbons (Fsp3) is 0.647. The Hall–Kier alpha value is -1.61. The lowest BCUT2D eigenvalue weighted by Crippen LogP contribution is -2.29. The van der Waals surface area contributed by atoms with Crippen molar-refractivity contribution in [2.24, 2.45) is 5.41 Å². The van der Waals surface area contributed by atoms with Crippen LogP contribution in [-0.2, 0) is 37.1 Å². The second-order valence-electron chi connectivity index (χ2n) is 16.2. The monoisotopic (exact) mass is 556 g/mol. The Balaban J connectivity index is 2.25. The van der Waals surface area contributed by atoms with Gasteiger partial charge in [-0.15, -0.1) is 0 Å². The Labute approximate surface area is 239 Å². The minimum absolute atomic E-state index is 0.0312. The maximum atomic E-state index is 11.6. The molecule has 0 spiro atoms. The Morgan fingerprint density at radius 3 is 1.56 bits per heavy atom. The van der Waals surface area contributed by atoms with E-state index in [2.05, 4.69) is 121 Å². The molecule has 2 aromatic rings. The van der Waals surface area contributed by atoms with Crippen LogP contribution in [0.1, 0.15) is 130 Å². The zero-order chi connectivity index (χ0) is 29.8. The Bertz CT molecular complexity index is 1170. The van der Waals surface area contributed by atoms with E-state index in [4.69, 9.17) is 13.6 Å². The Morgan fingerprint density at radius 1 is 0.692 bits per heavy atom. The average Bonchev–Trinajstić information content (AvgIpc) is 2.74. The van der Waals surface area contributed by atoms with Crippen molar-refractivity contribution in [2.45, 2.75) is 125 Å². The number of benzene rings is 2. The van der Waals surface area contributed by atoms with Crippen LogP contribution < -0.4 is 4.52 Å². The van der Waals surface area contributed by atoms with Crippen LogP contribution >= 0.6 is 8.60 Å². The van der Waals surface area contributed by atoms with Gasteiger partial charge in [-0.2, -0.15) is 0 Å². The van der Waals surface area contributed by atoms with Gasteiger partial charge in [-0.05, 0) is 49.5 Å². The van der Waals surface area contributed by atoms with Gasteiger partial charge in [-0.25, -0.2) is 0 Å². The normalized spacial score (nSPS) is 17.4. The topological polar surface area (TPSA) is 47.9 Å². The first-order valence-electron chi connectivity index (χ1n) is 14.3. The molecule has 0 aromatic heterocycles. The third-order valence-corrected chi connectivity index (χ3v) is 8.38. The molecular weight excluding hydrogens is 503 g/mol. The largest absolute Gasteiger partial charge is 0.507 e. The highest BCUT2D eigenvalue weighted by Crippen LogP contribution is 2.51. The van der Waals surface area contributed by atoms with E-state index < -0.39 is 8.60 Å². The molecule has 2 aromatic carbocycles. The lowest BCUT2D eigenvalue weighted by atomic mass is 9.76. The summed E-state index contributed by atoms with van der Waals surface area (Å²) in [5, 5.41) is 11.6. The maximum absolute atomic E-state index is 11.6. The highest BCUT2D eigenvalue weighted by Gasteiger charge is 2.35. The highest BCUT2D eigenvalue weighted by atomic mass is 31.2. The molecule has 0 amide bonds. The molecule has 0 aliphatic carbocycles. The number of phenols is 1. The SMILES string of the molecule is CC1(C)COP(Oc2c(Cc3cc(C(C)(C)C)cc(C(C)(C)C)c3O)cc(C(C)(C)C)cc2C(C)(C)C)OC1. The fourth-order valence-corrected chi connectivity index (χ4v) is 6.07. The van der Waals surface area contributed by atoms with Crippen molar-refractivity contribution in [2.75, 3.05) is 13.2 Å². The van der Waals surface area contributed by atoms with E-state index >= 15 is 0 Å². The summed E-state index contributed by atoms with van der Waals surface area (Å²) in [7, 11) is -1.52. The van der Waals surface area contributed by atoms with Gasteiger partial charge in [0.05, 0.1) is 13.2 Å². The molecule has 1 aliphatic heterocycles. The van der Waals surface area contributed by atoms with E-state index in [0.29, 0.717) is 25.4 Å². The molecule has 1 aliphatic rings. The number of rotatable bonds is 4. The van der Waals surface area contributed by atoms with Gasteiger partial charge in [0.1, 0.15) is 11.5 Å². The summed E-state index contributed by atoms with van der Waals surface area (Å²) < 4.78 is 18.8. The van der Waals surface area contributed by atoms with Gasteiger partial charge in [0, 0.05) is 17.4 Å². The van der Waals surface area contributed by atoms with Crippen LogP contribution in [-0.4, -0.2) is 18.3 Å². The molecule has 0 atom stereocenters. The summed E-state index contributed by atoms with van der Waals surface area (Å²) >= 11 is 0. The smallest absolute Gasteiger partial charge is 0.397 e. The molecule has 1 N–H and O–H groups in total. The molecule has 0 bridgehead atoms. The van der Waals surface area contributed by atoms with Crippen molar-refractivity contribution in [1.82, 2.24) is 0 Å². The van der Waals surface area contributed by atoms with Crippen molar-refractivity contribution >= 4 is 8.60 Å². The molecule has 1 fully saturated rings. The van der Waals surface area contributed by atoms with Crippen LogP contribution in [0.3, 0.4) is 0 Å². The van der Waals surface area contributed by atoms with E-state index in [0.717, 1.165) is 28.0 Å². The molecule has 1 heterocycles. The first-order valence-corrected chi connectivity index (χ1v) is 15.4. The van der Waals surface area contributed by atoms with Crippen LogP contribution in [0, 0.1) is 5.41 Å². The minimum atomic E-state index is -1.52. The summed E-state index contributed by atoms with van der Waals surface area (Å²) in [6.45, 7) is 32.0. The van der Waals surface area contributed by atoms with Crippen molar-refractivity contribution in [3.05, 3.63) is 57.6 Å². The lowest BCUT2D eigenvalue weighted by Gasteiger charge is -2.35. The highest BCUT2D eigenvalue weighted by molar-refractivity contribution is 7.42. The molecule has 3 rings (SSSR count). The minimum Gasteiger partial charge on any atom is -0.507 e. The lowest BCUT2D eigenvalue weighted by molar-refractivity contribution is 0.0424.